The summed E-state index contributed by atoms with van der Waals surface area (Å²) in [5.74, 6) is -0.777. The number of nitriles is 1. The fraction of sp³-hybridized carbons (Fsp3) is 0.300. The zero-order chi connectivity index (χ0) is 17.8. The van der Waals surface area contributed by atoms with Crippen molar-refractivity contribution < 1.29 is 9.90 Å². The second-order valence-corrected chi connectivity index (χ2v) is 7.09. The zero-order valence-electron chi connectivity index (χ0n) is 13.8. The normalized spacial score (nSPS) is 11.0. The van der Waals surface area contributed by atoms with Crippen molar-refractivity contribution in [3.05, 3.63) is 46.4 Å². The van der Waals surface area contributed by atoms with Gasteiger partial charge in [0, 0.05) is 40.1 Å². The molecule has 0 spiro atoms. The van der Waals surface area contributed by atoms with Gasteiger partial charge in [-0.25, -0.2) is 0 Å². The van der Waals surface area contributed by atoms with Gasteiger partial charge in [-0.05, 0) is 43.0 Å². The highest BCUT2D eigenvalue weighted by Crippen LogP contribution is 2.32. The van der Waals surface area contributed by atoms with E-state index in [0.29, 0.717) is 12.8 Å². The van der Waals surface area contributed by atoms with Crippen LogP contribution in [0.3, 0.4) is 0 Å². The monoisotopic (exact) mass is 398 g/mol. The fourth-order valence-corrected chi connectivity index (χ4v) is 3.58. The number of hydrogen-bond donors (Lipinski definition) is 1. The van der Waals surface area contributed by atoms with Gasteiger partial charge in [0.25, 0.3) is 0 Å². The molecule has 25 heavy (non-hydrogen) atoms. The SMILES string of the molecule is N#CCCCCn1c2cc(Br)ccc2c2ccc(CCC(=O)O)cc21. The first-order chi connectivity index (χ1) is 12.1. The van der Waals surface area contributed by atoms with Crippen LogP contribution in [-0.2, 0) is 17.8 Å². The molecule has 0 unspecified atom stereocenters. The minimum Gasteiger partial charge on any atom is -0.481 e. The summed E-state index contributed by atoms with van der Waals surface area (Å²) in [7, 11) is 0. The number of benzene rings is 2. The molecule has 128 valence electrons. The number of aliphatic carboxylic acids is 1. The lowest BCUT2D eigenvalue weighted by molar-refractivity contribution is -0.136. The Kier molecular flexibility index (Phi) is 5.40. The number of hydrogen-bond acceptors (Lipinski definition) is 2. The molecule has 5 heteroatoms. The van der Waals surface area contributed by atoms with E-state index in [2.05, 4.69) is 50.8 Å². The topological polar surface area (TPSA) is 66.0 Å². The van der Waals surface area contributed by atoms with Crippen molar-refractivity contribution in [1.82, 2.24) is 4.57 Å². The van der Waals surface area contributed by atoms with Gasteiger partial charge in [0.1, 0.15) is 0 Å². The predicted molar refractivity (Wildman–Crippen MR) is 103 cm³/mol. The lowest BCUT2D eigenvalue weighted by Crippen LogP contribution is -2.00. The summed E-state index contributed by atoms with van der Waals surface area (Å²) in [5.41, 5.74) is 3.33. The summed E-state index contributed by atoms with van der Waals surface area (Å²) in [5, 5.41) is 20.0. The summed E-state index contributed by atoms with van der Waals surface area (Å²) in [4.78, 5) is 10.8. The van der Waals surface area contributed by atoms with Gasteiger partial charge in [0.05, 0.1) is 11.6 Å². The van der Waals surface area contributed by atoms with Gasteiger partial charge in [-0.3, -0.25) is 4.79 Å². The molecule has 1 N–H and O–H groups in total. The first-order valence-corrected chi connectivity index (χ1v) is 9.18. The molecule has 0 saturated carbocycles. The lowest BCUT2D eigenvalue weighted by atomic mass is 10.1. The Morgan fingerprint density at radius 1 is 1.12 bits per heavy atom. The number of carboxylic acids is 1. The molecule has 0 aliphatic heterocycles. The van der Waals surface area contributed by atoms with Crippen LogP contribution < -0.4 is 0 Å². The molecule has 3 aromatic rings. The van der Waals surface area contributed by atoms with Crippen molar-refractivity contribution in [3.8, 4) is 6.07 Å². The van der Waals surface area contributed by atoms with Crippen LogP contribution in [0.4, 0.5) is 0 Å². The largest absolute Gasteiger partial charge is 0.481 e. The molecule has 0 radical (unpaired) electrons. The number of rotatable bonds is 7. The summed E-state index contributed by atoms with van der Waals surface area (Å²) in [6.07, 6.45) is 3.07. The number of nitrogens with zero attached hydrogens (tertiary/aromatic N) is 2. The average molecular weight is 399 g/mol. The van der Waals surface area contributed by atoms with E-state index in [1.54, 1.807) is 0 Å². The number of fused-ring (bicyclic) bond motifs is 3. The molecule has 0 bridgehead atoms. The van der Waals surface area contributed by atoms with Gasteiger partial charge in [-0.15, -0.1) is 0 Å². The Hall–Kier alpha value is -2.32. The maximum atomic E-state index is 10.8. The van der Waals surface area contributed by atoms with E-state index in [0.717, 1.165) is 40.5 Å². The third-order valence-electron chi connectivity index (χ3n) is 4.44. The molecule has 1 heterocycles. The van der Waals surface area contributed by atoms with Gasteiger partial charge in [0.15, 0.2) is 0 Å². The molecule has 0 atom stereocenters. The van der Waals surface area contributed by atoms with E-state index in [1.807, 2.05) is 12.1 Å². The number of carboxylic acid groups (broad SMARTS) is 1. The molecule has 0 fully saturated rings. The van der Waals surface area contributed by atoms with E-state index < -0.39 is 5.97 Å². The van der Waals surface area contributed by atoms with E-state index in [1.165, 1.54) is 10.8 Å². The third kappa shape index (κ3) is 3.85. The van der Waals surface area contributed by atoms with Crippen LogP contribution in [0, 0.1) is 11.3 Å². The van der Waals surface area contributed by atoms with Crippen molar-refractivity contribution in [2.24, 2.45) is 0 Å². The van der Waals surface area contributed by atoms with Crippen LogP contribution in [0.1, 0.15) is 31.2 Å². The Balaban J connectivity index is 2.05. The highest BCUT2D eigenvalue weighted by Gasteiger charge is 2.12. The Morgan fingerprint density at radius 2 is 1.84 bits per heavy atom. The van der Waals surface area contributed by atoms with Crippen LogP contribution in [0.5, 0.6) is 0 Å². The predicted octanol–water partition coefficient (Wildman–Crippen LogP) is 5.27. The third-order valence-corrected chi connectivity index (χ3v) is 4.93. The summed E-state index contributed by atoms with van der Waals surface area (Å²) in [6.45, 7) is 0.848. The standard InChI is InChI=1S/C20H19BrN2O2/c21-15-6-8-17-16-7-4-14(5-9-20(24)25)12-18(16)23(19(17)13-15)11-3-1-2-10-22/h4,6-8,12-13H,1-3,5,9,11H2,(H,24,25). The maximum Gasteiger partial charge on any atom is 0.303 e. The molecule has 0 aliphatic carbocycles. The maximum absolute atomic E-state index is 10.8. The van der Waals surface area contributed by atoms with Gasteiger partial charge >= 0.3 is 5.97 Å². The van der Waals surface area contributed by atoms with E-state index >= 15 is 0 Å². The van der Waals surface area contributed by atoms with E-state index in [-0.39, 0.29) is 6.42 Å². The summed E-state index contributed by atoms with van der Waals surface area (Å²) >= 11 is 3.55. The van der Waals surface area contributed by atoms with Crippen molar-refractivity contribution in [2.45, 2.75) is 38.6 Å². The van der Waals surface area contributed by atoms with Crippen LogP contribution in [0.25, 0.3) is 21.8 Å². The molecule has 0 saturated heterocycles. The molecule has 2 aromatic carbocycles. The number of halogens is 1. The van der Waals surface area contributed by atoms with Crippen LogP contribution in [-0.4, -0.2) is 15.6 Å². The number of carbonyl (C=O) groups is 1. The van der Waals surface area contributed by atoms with Crippen LogP contribution in [0.15, 0.2) is 40.9 Å². The molecule has 4 nitrogen and oxygen atoms in total. The minimum atomic E-state index is -0.777. The molecule has 0 amide bonds. The highest BCUT2D eigenvalue weighted by atomic mass is 79.9. The zero-order valence-corrected chi connectivity index (χ0v) is 15.4. The molecular weight excluding hydrogens is 380 g/mol. The van der Waals surface area contributed by atoms with E-state index in [4.69, 9.17) is 10.4 Å². The highest BCUT2D eigenvalue weighted by molar-refractivity contribution is 9.10. The van der Waals surface area contributed by atoms with Crippen molar-refractivity contribution in [2.75, 3.05) is 0 Å². The second-order valence-electron chi connectivity index (χ2n) is 6.17. The number of aryl methyl sites for hydroxylation is 2. The Labute approximate surface area is 154 Å². The average Bonchev–Trinajstić information content (AvgIpc) is 2.89. The quantitative estimate of drug-likeness (QED) is 0.551. The first kappa shape index (κ1) is 17.5. The summed E-state index contributed by atoms with van der Waals surface area (Å²) < 4.78 is 3.32. The molecular formula is C20H19BrN2O2. The summed E-state index contributed by atoms with van der Waals surface area (Å²) in [6, 6.07) is 14.7. The van der Waals surface area contributed by atoms with Gasteiger partial charge in [0.2, 0.25) is 0 Å². The minimum absolute atomic E-state index is 0.138. The van der Waals surface area contributed by atoms with Crippen molar-refractivity contribution >= 4 is 43.7 Å². The van der Waals surface area contributed by atoms with Crippen molar-refractivity contribution in [3.63, 3.8) is 0 Å². The van der Waals surface area contributed by atoms with Crippen LogP contribution >= 0.6 is 15.9 Å². The number of unbranched alkanes of at least 4 members (excludes halogenated alkanes) is 2. The molecule has 3 rings (SSSR count). The first-order valence-electron chi connectivity index (χ1n) is 8.39. The smallest absolute Gasteiger partial charge is 0.303 e. The van der Waals surface area contributed by atoms with Gasteiger partial charge < -0.3 is 9.67 Å². The fourth-order valence-electron chi connectivity index (χ4n) is 3.24. The van der Waals surface area contributed by atoms with E-state index in [9.17, 15) is 4.79 Å². The Bertz CT molecular complexity index is 969. The van der Waals surface area contributed by atoms with Gasteiger partial charge in [-0.1, -0.05) is 34.1 Å². The second kappa shape index (κ2) is 7.71. The number of aromatic nitrogens is 1. The van der Waals surface area contributed by atoms with Crippen molar-refractivity contribution in [1.29, 1.82) is 5.26 Å². The lowest BCUT2D eigenvalue weighted by Gasteiger charge is -2.08. The Morgan fingerprint density at radius 3 is 2.56 bits per heavy atom. The van der Waals surface area contributed by atoms with Gasteiger partial charge in [-0.2, -0.15) is 5.26 Å². The molecule has 1 aromatic heterocycles. The molecule has 0 aliphatic rings. The van der Waals surface area contributed by atoms with Crippen LogP contribution in [0.2, 0.25) is 0 Å².